The lowest BCUT2D eigenvalue weighted by molar-refractivity contribution is -0.138. The first-order valence-electron chi connectivity index (χ1n) is 22.9. The minimum absolute atomic E-state index is 0.0463. The van der Waals surface area contributed by atoms with E-state index in [2.05, 4.69) is 88.4 Å². The van der Waals surface area contributed by atoms with Crippen LogP contribution < -0.4 is 0 Å². The van der Waals surface area contributed by atoms with E-state index in [-0.39, 0.29) is 6.10 Å². The second-order valence-electron chi connectivity index (χ2n) is 15.6. The third-order valence-electron chi connectivity index (χ3n) is 9.98. The summed E-state index contributed by atoms with van der Waals surface area (Å²) in [5.41, 5.74) is 0. The van der Waals surface area contributed by atoms with Gasteiger partial charge >= 0.3 is 6.16 Å². The quantitative estimate of drug-likeness (QED) is 0.0271. The highest BCUT2D eigenvalue weighted by Crippen LogP contribution is 2.18. The molecule has 0 heterocycles. The van der Waals surface area contributed by atoms with Crippen LogP contribution in [0.3, 0.4) is 0 Å². The van der Waals surface area contributed by atoms with Crippen molar-refractivity contribution in [2.45, 2.75) is 219 Å². The van der Waals surface area contributed by atoms with E-state index in [1.807, 2.05) is 5.06 Å². The molecule has 0 N–H and O–H groups in total. The van der Waals surface area contributed by atoms with E-state index in [1.165, 1.54) is 141 Å². The second kappa shape index (κ2) is 42.9. The molecule has 5 heteroatoms. The summed E-state index contributed by atoms with van der Waals surface area (Å²) in [6, 6.07) is 0. The highest BCUT2D eigenvalue weighted by Gasteiger charge is 2.19. The minimum atomic E-state index is -0.510. The van der Waals surface area contributed by atoms with Crippen LogP contribution in [0, 0.1) is 0 Å². The van der Waals surface area contributed by atoms with Crippen molar-refractivity contribution < 1.29 is 14.4 Å². The van der Waals surface area contributed by atoms with Crippen LogP contribution in [0.1, 0.15) is 213 Å². The molecule has 0 rings (SSSR count). The smallest absolute Gasteiger partial charge is 0.430 e. The van der Waals surface area contributed by atoms with Crippen LogP contribution in [0.2, 0.25) is 0 Å². The van der Waals surface area contributed by atoms with Gasteiger partial charge in [-0.3, -0.25) is 0 Å². The number of likely N-dealkylation sites (N-methyl/N-ethyl adjacent to an activating group) is 1. The van der Waals surface area contributed by atoms with Gasteiger partial charge in [-0.15, -0.1) is 5.06 Å². The van der Waals surface area contributed by atoms with Crippen LogP contribution in [-0.4, -0.2) is 56.0 Å². The van der Waals surface area contributed by atoms with E-state index in [4.69, 9.17) is 9.57 Å². The van der Waals surface area contributed by atoms with Crippen molar-refractivity contribution in [3.63, 3.8) is 0 Å². The predicted molar refractivity (Wildman–Crippen MR) is 234 cm³/mol. The van der Waals surface area contributed by atoms with E-state index in [0.717, 1.165) is 64.5 Å². The van der Waals surface area contributed by atoms with Gasteiger partial charge in [-0.1, -0.05) is 166 Å². The van der Waals surface area contributed by atoms with Crippen molar-refractivity contribution in [3.8, 4) is 0 Å². The summed E-state index contributed by atoms with van der Waals surface area (Å²) in [7, 11) is 4.12. The summed E-state index contributed by atoms with van der Waals surface area (Å²) in [4.78, 5) is 21.0. The Balaban J connectivity index is 4.50. The highest BCUT2D eigenvalue weighted by molar-refractivity contribution is 5.59. The summed E-state index contributed by atoms with van der Waals surface area (Å²) in [6.45, 7) is 9.07. The average molecular weight is 743 g/mol. The van der Waals surface area contributed by atoms with E-state index in [0.29, 0.717) is 6.54 Å². The SMILES string of the molecule is CCCCC/C=C\C/C=C\CCCCCCCCC(CCCCCCCC/C=C\C/C=C\CCCCC)OC(=O)ON(CCCCCC)CCN(C)C. The molecule has 310 valence electrons. The van der Waals surface area contributed by atoms with Gasteiger partial charge in [0.15, 0.2) is 0 Å². The van der Waals surface area contributed by atoms with Gasteiger partial charge in [-0.25, -0.2) is 4.79 Å². The molecule has 0 amide bonds. The highest BCUT2D eigenvalue weighted by atomic mass is 16.8. The lowest BCUT2D eigenvalue weighted by atomic mass is 10.0. The topological polar surface area (TPSA) is 42.0 Å². The number of hydroxylamine groups is 2. The largest absolute Gasteiger partial charge is 0.528 e. The van der Waals surface area contributed by atoms with Gasteiger partial charge in [0.2, 0.25) is 0 Å². The molecule has 0 saturated heterocycles. The van der Waals surface area contributed by atoms with Crippen molar-refractivity contribution in [2.24, 2.45) is 0 Å². The lowest BCUT2D eigenvalue weighted by Crippen LogP contribution is -2.35. The first-order valence-corrected chi connectivity index (χ1v) is 22.9. The molecule has 0 aromatic carbocycles. The predicted octanol–water partition coefficient (Wildman–Crippen LogP) is 15.3. The molecule has 0 aliphatic rings. The Hall–Kier alpha value is -1.85. The standard InChI is InChI=1S/C48H90N2O3/c1-6-9-12-15-17-19-21-23-25-27-29-31-33-35-37-39-42-47(52-48(51)53-50(46-45-49(4)5)44-41-14-11-8-3)43-40-38-36-34-32-30-28-26-24-22-20-18-16-13-10-7-2/h17-20,23-26,47H,6-16,21-22,27-46H2,1-5H3/b19-17-,20-18-,25-23-,26-24-. The summed E-state index contributed by atoms with van der Waals surface area (Å²) < 4.78 is 6.02. The lowest BCUT2D eigenvalue weighted by Gasteiger charge is -2.24. The van der Waals surface area contributed by atoms with E-state index < -0.39 is 6.16 Å². The summed E-state index contributed by atoms with van der Waals surface area (Å²) in [5, 5.41) is 1.83. The molecule has 0 spiro atoms. The molecule has 0 aliphatic carbocycles. The molecular formula is C48H90N2O3. The van der Waals surface area contributed by atoms with Crippen LogP contribution in [0.25, 0.3) is 0 Å². The zero-order valence-corrected chi connectivity index (χ0v) is 36.1. The molecule has 0 saturated carbocycles. The van der Waals surface area contributed by atoms with Crippen molar-refractivity contribution >= 4 is 6.16 Å². The van der Waals surface area contributed by atoms with Gasteiger partial charge < -0.3 is 14.5 Å². The van der Waals surface area contributed by atoms with E-state index in [1.54, 1.807) is 0 Å². The number of rotatable bonds is 40. The molecule has 0 aliphatic heterocycles. The third-order valence-corrected chi connectivity index (χ3v) is 9.98. The molecule has 0 radical (unpaired) electrons. The van der Waals surface area contributed by atoms with Crippen LogP contribution in [-0.2, 0) is 9.57 Å². The number of ether oxygens (including phenoxy) is 1. The van der Waals surface area contributed by atoms with Gasteiger partial charge in [-0.05, 0) is 110 Å². The van der Waals surface area contributed by atoms with E-state index >= 15 is 0 Å². The zero-order valence-electron chi connectivity index (χ0n) is 36.1. The zero-order chi connectivity index (χ0) is 38.7. The van der Waals surface area contributed by atoms with Crippen LogP contribution in [0.4, 0.5) is 4.79 Å². The maximum Gasteiger partial charge on any atom is 0.528 e. The van der Waals surface area contributed by atoms with Crippen LogP contribution in [0.15, 0.2) is 48.6 Å². The Labute approximate surface area is 331 Å². The summed E-state index contributed by atoms with van der Waals surface area (Å²) in [5.74, 6) is 0. The molecule has 0 unspecified atom stereocenters. The average Bonchev–Trinajstić information content (AvgIpc) is 3.14. The van der Waals surface area contributed by atoms with Crippen molar-refractivity contribution in [2.75, 3.05) is 33.7 Å². The molecule has 0 bridgehead atoms. The Morgan fingerprint density at radius 1 is 0.453 bits per heavy atom. The van der Waals surface area contributed by atoms with E-state index in [9.17, 15) is 4.79 Å². The Morgan fingerprint density at radius 2 is 0.830 bits per heavy atom. The van der Waals surface area contributed by atoms with Gasteiger partial charge in [0.05, 0.1) is 0 Å². The molecular weight excluding hydrogens is 653 g/mol. The van der Waals surface area contributed by atoms with Gasteiger partial charge in [0.25, 0.3) is 0 Å². The Kier molecular flexibility index (Phi) is 41.4. The summed E-state index contributed by atoms with van der Waals surface area (Å²) >= 11 is 0. The first kappa shape index (κ1) is 51.1. The summed E-state index contributed by atoms with van der Waals surface area (Å²) in [6.07, 6.45) is 54.5. The second-order valence-corrected chi connectivity index (χ2v) is 15.6. The Bertz CT molecular complexity index is 817. The molecule has 0 fully saturated rings. The first-order chi connectivity index (χ1) is 26.0. The number of allylic oxidation sites excluding steroid dienone is 8. The minimum Gasteiger partial charge on any atom is -0.430 e. The fourth-order valence-corrected chi connectivity index (χ4v) is 6.48. The molecule has 0 aromatic heterocycles. The fraction of sp³-hybridized carbons (Fsp3) is 0.812. The normalized spacial score (nSPS) is 12.4. The van der Waals surface area contributed by atoms with Crippen LogP contribution >= 0.6 is 0 Å². The maximum absolute atomic E-state index is 13.0. The molecule has 5 nitrogen and oxygen atoms in total. The van der Waals surface area contributed by atoms with Crippen LogP contribution in [0.5, 0.6) is 0 Å². The third kappa shape index (κ3) is 41.2. The monoisotopic (exact) mass is 743 g/mol. The van der Waals surface area contributed by atoms with Crippen molar-refractivity contribution in [1.29, 1.82) is 0 Å². The van der Waals surface area contributed by atoms with Crippen molar-refractivity contribution in [1.82, 2.24) is 9.96 Å². The van der Waals surface area contributed by atoms with Gasteiger partial charge in [-0.2, -0.15) is 0 Å². The van der Waals surface area contributed by atoms with Gasteiger partial charge in [0, 0.05) is 19.6 Å². The number of hydrogen-bond donors (Lipinski definition) is 0. The maximum atomic E-state index is 13.0. The molecule has 53 heavy (non-hydrogen) atoms. The fourth-order valence-electron chi connectivity index (χ4n) is 6.48. The van der Waals surface area contributed by atoms with Gasteiger partial charge in [0.1, 0.15) is 6.10 Å². The number of nitrogens with zero attached hydrogens (tertiary/aromatic N) is 2. The number of unbranched alkanes of at least 4 members (excludes halogenated alkanes) is 21. The molecule has 0 aromatic rings. The number of hydrogen-bond acceptors (Lipinski definition) is 5. The van der Waals surface area contributed by atoms with Crippen molar-refractivity contribution in [3.05, 3.63) is 48.6 Å². The number of carbonyl (C=O) groups is 1. The Morgan fingerprint density at radius 3 is 1.26 bits per heavy atom. The molecule has 0 atom stereocenters. The number of carbonyl (C=O) groups excluding carboxylic acids is 1.